The molecule has 0 unspecified atom stereocenters. The number of fused-ring (bicyclic) bond motifs is 1. The summed E-state index contributed by atoms with van der Waals surface area (Å²) in [6.45, 7) is 8.94. The molecule has 0 bridgehead atoms. The van der Waals surface area contributed by atoms with Gasteiger partial charge in [0.1, 0.15) is 0 Å². The van der Waals surface area contributed by atoms with Crippen molar-refractivity contribution in [2.24, 2.45) is 0 Å². The molecule has 0 radical (unpaired) electrons. The molecule has 0 saturated heterocycles. The summed E-state index contributed by atoms with van der Waals surface area (Å²) in [4.78, 5) is 0. The van der Waals surface area contributed by atoms with E-state index >= 15 is 0 Å². The number of rotatable bonds is 1. The minimum Gasteiger partial charge on any atom is -1.00 e. The first-order valence-electron chi connectivity index (χ1n) is 7.11. The summed E-state index contributed by atoms with van der Waals surface area (Å²) in [5.74, 6) is 0. The molecule has 2 aliphatic rings. The van der Waals surface area contributed by atoms with Crippen molar-refractivity contribution in [2.45, 2.75) is 34.1 Å². The van der Waals surface area contributed by atoms with Crippen molar-refractivity contribution in [2.75, 3.05) is 0 Å². The van der Waals surface area contributed by atoms with Gasteiger partial charge in [0.15, 0.2) is 0 Å². The summed E-state index contributed by atoms with van der Waals surface area (Å²) in [6, 6.07) is 6.75. The van der Waals surface area contributed by atoms with Crippen LogP contribution in [0.4, 0.5) is 0 Å². The standard InChI is InChI=1S/C19H19.2ClH.Zr/c1-12(2)17-7-5-6-16-11-18(14(4)19(16)17)15-9-8-13(3)10-15;;;/h5-9H,10H2,1-4H3;2*1H;/q;;;+2/p-2. The summed E-state index contributed by atoms with van der Waals surface area (Å²) in [5.41, 5.74) is 8.82. The van der Waals surface area contributed by atoms with Gasteiger partial charge in [-0.05, 0) is 0 Å². The second-order valence-corrected chi connectivity index (χ2v) is 7.21. The minimum atomic E-state index is 0. The van der Waals surface area contributed by atoms with Crippen molar-refractivity contribution in [3.8, 4) is 0 Å². The Kier molecular flexibility index (Phi) is 6.69. The molecule has 1 aromatic carbocycles. The molecule has 0 N–H and O–H groups in total. The molecule has 3 rings (SSSR count). The molecule has 0 aliphatic heterocycles. The molecule has 0 nitrogen and oxygen atoms in total. The van der Waals surface area contributed by atoms with Gasteiger partial charge < -0.3 is 24.8 Å². The van der Waals surface area contributed by atoms with E-state index in [-0.39, 0.29) is 24.8 Å². The Hall–Kier alpha value is -0.357. The van der Waals surface area contributed by atoms with Gasteiger partial charge in [-0.15, -0.1) is 0 Å². The van der Waals surface area contributed by atoms with Gasteiger partial charge in [-0.3, -0.25) is 0 Å². The Balaban J connectivity index is 0.00000121. The zero-order valence-electron chi connectivity index (χ0n) is 13.3. The Morgan fingerprint density at radius 2 is 1.73 bits per heavy atom. The predicted octanol–water partition coefficient (Wildman–Crippen LogP) is -2.40. The van der Waals surface area contributed by atoms with E-state index in [9.17, 15) is 0 Å². The fourth-order valence-electron chi connectivity index (χ4n) is 3.26. The van der Waals surface area contributed by atoms with Gasteiger partial charge >= 0.3 is 136 Å². The van der Waals surface area contributed by atoms with Gasteiger partial charge in [0.05, 0.1) is 0 Å². The second kappa shape index (κ2) is 7.48. The van der Waals surface area contributed by atoms with Crippen LogP contribution in [0.2, 0.25) is 0 Å². The quantitative estimate of drug-likeness (QED) is 0.486. The first-order chi connectivity index (χ1) is 9.50. The van der Waals surface area contributed by atoms with Crippen molar-refractivity contribution >= 4 is 14.4 Å². The van der Waals surface area contributed by atoms with Gasteiger partial charge in [0.25, 0.3) is 0 Å². The van der Waals surface area contributed by atoms with E-state index in [0.29, 0.717) is 0 Å². The average molecular weight is 409 g/mol. The molecule has 0 saturated carbocycles. The number of halogens is 2. The molecular weight excluding hydrogens is 390 g/mol. The Bertz CT molecular complexity index is 819. The molecule has 22 heavy (non-hydrogen) atoms. The molecule has 3 heteroatoms. The zero-order valence-corrected chi connectivity index (χ0v) is 17.3. The first-order valence-corrected chi connectivity index (χ1v) is 8.34. The van der Waals surface area contributed by atoms with Crippen LogP contribution in [0.5, 0.6) is 0 Å². The minimum absolute atomic E-state index is 0. The van der Waals surface area contributed by atoms with Crippen molar-refractivity contribution in [1.29, 1.82) is 0 Å². The van der Waals surface area contributed by atoms with Gasteiger partial charge in [-0.25, -0.2) is 0 Å². The van der Waals surface area contributed by atoms with E-state index in [2.05, 4.69) is 58.0 Å². The first kappa shape index (κ1) is 19.7. The predicted molar refractivity (Wildman–Crippen MR) is 82.9 cm³/mol. The molecule has 0 fully saturated rings. The van der Waals surface area contributed by atoms with Crippen molar-refractivity contribution in [3.63, 3.8) is 0 Å². The number of hydrogen-bond donors (Lipinski definition) is 0. The third kappa shape index (κ3) is 3.14. The Labute approximate surface area is 160 Å². The smallest absolute Gasteiger partial charge is 1.00 e. The third-order valence-corrected chi connectivity index (χ3v) is 5.51. The molecule has 1 aromatic rings. The van der Waals surface area contributed by atoms with E-state index in [0.717, 1.165) is 6.42 Å². The number of hydrogen-bond acceptors (Lipinski definition) is 0. The van der Waals surface area contributed by atoms with Crippen molar-refractivity contribution in [3.05, 3.63) is 63.1 Å². The summed E-state index contributed by atoms with van der Waals surface area (Å²) in [6.07, 6.45) is 5.69. The largest absolute Gasteiger partial charge is 1.00 e. The van der Waals surface area contributed by atoms with Crippen LogP contribution in [0.1, 0.15) is 39.7 Å². The maximum Gasteiger partial charge on any atom is -1.00 e. The summed E-state index contributed by atoms with van der Waals surface area (Å²) in [7, 11) is 0. The SMILES string of the molecule is CC1=CC=C(C2=[C]([Zr+2])c3cccc(=C(C)C)c3=C2C)C1.[Cl-].[Cl-]. The maximum absolute atomic E-state index is 2.31. The maximum atomic E-state index is 2.31. The fourth-order valence-corrected chi connectivity index (χ4v) is 4.63. The summed E-state index contributed by atoms with van der Waals surface area (Å²) in [5, 5.41) is 2.89. The molecule has 0 heterocycles. The van der Waals surface area contributed by atoms with Crippen LogP contribution in [-0.4, -0.2) is 0 Å². The molecule has 113 valence electrons. The van der Waals surface area contributed by atoms with Gasteiger partial charge in [-0.2, -0.15) is 0 Å². The third-order valence-electron chi connectivity index (χ3n) is 4.23. The van der Waals surface area contributed by atoms with E-state index < -0.39 is 0 Å². The van der Waals surface area contributed by atoms with Gasteiger partial charge in [0.2, 0.25) is 0 Å². The summed E-state index contributed by atoms with van der Waals surface area (Å²) >= 11 is 1.52. The molecular formula is C19H19Cl2Zr. The molecule has 0 atom stereocenters. The Morgan fingerprint density at radius 3 is 2.27 bits per heavy atom. The van der Waals surface area contributed by atoms with Gasteiger partial charge in [0, 0.05) is 0 Å². The van der Waals surface area contributed by atoms with Crippen LogP contribution in [0.15, 0.2) is 47.1 Å². The monoisotopic (exact) mass is 407 g/mol. The normalized spacial score (nSPS) is 15.8. The van der Waals surface area contributed by atoms with Crippen LogP contribution in [0, 0.1) is 0 Å². The van der Waals surface area contributed by atoms with E-state index in [1.165, 1.54) is 71.9 Å². The van der Waals surface area contributed by atoms with Crippen molar-refractivity contribution in [1.82, 2.24) is 0 Å². The fraction of sp³-hybridized carbons (Fsp3) is 0.263. The molecule has 0 amide bonds. The molecule has 2 aliphatic carbocycles. The molecule has 0 aromatic heterocycles. The average Bonchev–Trinajstić information content (AvgIpc) is 2.93. The van der Waals surface area contributed by atoms with Crippen LogP contribution < -0.4 is 35.3 Å². The van der Waals surface area contributed by atoms with Crippen molar-refractivity contribution < 1.29 is 49.5 Å². The number of benzene rings is 1. The van der Waals surface area contributed by atoms with E-state index in [4.69, 9.17) is 0 Å². The van der Waals surface area contributed by atoms with Crippen LogP contribution in [0.25, 0.3) is 14.4 Å². The van der Waals surface area contributed by atoms with Crippen LogP contribution >= 0.6 is 0 Å². The number of allylic oxidation sites excluding steroid dienone is 5. The molecule has 0 spiro atoms. The second-order valence-electron chi connectivity index (χ2n) is 5.98. The van der Waals surface area contributed by atoms with Crippen LogP contribution in [0.3, 0.4) is 0 Å². The topological polar surface area (TPSA) is 0 Å². The van der Waals surface area contributed by atoms with Crippen LogP contribution in [-0.2, 0) is 24.7 Å². The zero-order chi connectivity index (χ0) is 14.4. The summed E-state index contributed by atoms with van der Waals surface area (Å²) < 4.78 is 1.53. The van der Waals surface area contributed by atoms with E-state index in [1.54, 1.807) is 0 Å². The Morgan fingerprint density at radius 1 is 1.05 bits per heavy atom. The van der Waals surface area contributed by atoms with Gasteiger partial charge in [-0.1, -0.05) is 0 Å². The van der Waals surface area contributed by atoms with E-state index in [1.807, 2.05) is 0 Å².